The molecule has 0 bridgehead atoms. The van der Waals surface area contributed by atoms with E-state index in [0.29, 0.717) is 9.99 Å². The molecule has 0 atom stereocenters. The molecule has 0 unspecified atom stereocenters. The lowest BCUT2D eigenvalue weighted by atomic mass is 9.98. The fourth-order valence-corrected chi connectivity index (χ4v) is 7.39. The molecule has 2 fully saturated rings. The minimum atomic E-state index is -3.76. The van der Waals surface area contributed by atoms with Gasteiger partial charge in [0.15, 0.2) is 0 Å². The highest BCUT2D eigenvalue weighted by molar-refractivity contribution is 9.10. The molecule has 1 aliphatic carbocycles. The third-order valence-electron chi connectivity index (χ3n) is 7.04. The van der Waals surface area contributed by atoms with E-state index >= 15 is 0 Å². The van der Waals surface area contributed by atoms with E-state index in [1.165, 1.54) is 23.2 Å². The topological polar surface area (TPSA) is 54.8 Å². The maximum atomic E-state index is 13.7. The maximum Gasteiger partial charge on any atom is 0.269 e. The standard InChI is InChI=1S/C26H32BrN3O3S/c1-28-13-15-29(16-14-28)18-20-19-30(34(31,32)26-10-6-5-9-24(26)27)25-12-11-22(17-23(20)25)33-21-7-3-2-4-8-21/h5-6,9-12,17,19,21H,2-4,7-8,13-16,18H2,1H3. The number of benzene rings is 2. The number of nitrogens with zero attached hydrogens (tertiary/aromatic N) is 3. The highest BCUT2D eigenvalue weighted by atomic mass is 79.9. The molecule has 2 heterocycles. The zero-order valence-corrected chi connectivity index (χ0v) is 22.0. The molecule has 0 amide bonds. The van der Waals surface area contributed by atoms with E-state index in [-0.39, 0.29) is 11.0 Å². The van der Waals surface area contributed by atoms with Gasteiger partial charge in [-0.1, -0.05) is 18.6 Å². The molecular formula is C26H32BrN3O3S. The largest absolute Gasteiger partial charge is 0.490 e. The molecule has 1 aromatic heterocycles. The van der Waals surface area contributed by atoms with Gasteiger partial charge in [-0.15, -0.1) is 0 Å². The van der Waals surface area contributed by atoms with E-state index < -0.39 is 10.0 Å². The molecule has 0 spiro atoms. The van der Waals surface area contributed by atoms with Crippen molar-refractivity contribution in [2.45, 2.75) is 49.6 Å². The van der Waals surface area contributed by atoms with Crippen molar-refractivity contribution in [3.05, 3.63) is 58.7 Å². The molecule has 0 radical (unpaired) electrons. The summed E-state index contributed by atoms with van der Waals surface area (Å²) in [5, 5.41) is 0.947. The van der Waals surface area contributed by atoms with Crippen LogP contribution >= 0.6 is 15.9 Å². The monoisotopic (exact) mass is 545 g/mol. The Labute approximate surface area is 210 Å². The quantitative estimate of drug-likeness (QED) is 0.431. The smallest absolute Gasteiger partial charge is 0.269 e. The molecule has 6 nitrogen and oxygen atoms in total. The molecule has 2 aliphatic rings. The van der Waals surface area contributed by atoms with Crippen molar-refractivity contribution >= 4 is 36.9 Å². The lowest BCUT2D eigenvalue weighted by molar-refractivity contribution is 0.148. The second-order valence-corrected chi connectivity index (χ2v) is 12.2. The number of halogens is 1. The lowest BCUT2D eigenvalue weighted by Crippen LogP contribution is -2.43. The van der Waals surface area contributed by atoms with Crippen LogP contribution in [-0.4, -0.2) is 61.5 Å². The van der Waals surface area contributed by atoms with Crippen molar-refractivity contribution < 1.29 is 13.2 Å². The number of piperazine rings is 1. The average molecular weight is 547 g/mol. The van der Waals surface area contributed by atoms with E-state index in [0.717, 1.165) is 62.3 Å². The van der Waals surface area contributed by atoms with Gasteiger partial charge in [0.05, 0.1) is 11.6 Å². The van der Waals surface area contributed by atoms with E-state index in [1.807, 2.05) is 30.5 Å². The summed E-state index contributed by atoms with van der Waals surface area (Å²) in [6.45, 7) is 4.69. The Morgan fingerprint density at radius 3 is 2.47 bits per heavy atom. The number of hydrogen-bond donors (Lipinski definition) is 0. The number of hydrogen-bond acceptors (Lipinski definition) is 5. The van der Waals surface area contributed by atoms with Crippen LogP contribution in [0.5, 0.6) is 5.75 Å². The number of ether oxygens (including phenoxy) is 1. The number of aromatic nitrogens is 1. The zero-order valence-electron chi connectivity index (χ0n) is 19.6. The van der Waals surface area contributed by atoms with Crippen molar-refractivity contribution in [1.29, 1.82) is 0 Å². The second-order valence-electron chi connectivity index (χ2n) is 9.52. The van der Waals surface area contributed by atoms with Gasteiger partial charge < -0.3 is 9.64 Å². The first kappa shape index (κ1) is 23.9. The van der Waals surface area contributed by atoms with Crippen molar-refractivity contribution in [3.63, 3.8) is 0 Å². The van der Waals surface area contributed by atoms with Crippen molar-refractivity contribution in [2.75, 3.05) is 33.2 Å². The van der Waals surface area contributed by atoms with E-state index in [9.17, 15) is 8.42 Å². The third kappa shape index (κ3) is 4.91. The first-order valence-corrected chi connectivity index (χ1v) is 14.4. The molecule has 1 saturated heterocycles. The van der Waals surface area contributed by atoms with Gasteiger partial charge >= 0.3 is 0 Å². The van der Waals surface area contributed by atoms with E-state index in [4.69, 9.17) is 4.74 Å². The molecule has 2 aromatic carbocycles. The Morgan fingerprint density at radius 2 is 1.74 bits per heavy atom. The van der Waals surface area contributed by atoms with Crippen LogP contribution in [0.15, 0.2) is 58.0 Å². The first-order chi connectivity index (χ1) is 16.4. The first-order valence-electron chi connectivity index (χ1n) is 12.1. The van der Waals surface area contributed by atoms with Crippen LogP contribution < -0.4 is 4.74 Å². The summed E-state index contributed by atoms with van der Waals surface area (Å²) in [5.41, 5.74) is 1.71. The Balaban J connectivity index is 1.55. The summed E-state index contributed by atoms with van der Waals surface area (Å²) in [6.07, 6.45) is 7.93. The van der Waals surface area contributed by atoms with Gasteiger partial charge in [0, 0.05) is 48.8 Å². The summed E-state index contributed by atoms with van der Waals surface area (Å²) in [7, 11) is -1.62. The van der Waals surface area contributed by atoms with E-state index in [1.54, 1.807) is 18.2 Å². The van der Waals surface area contributed by atoms with E-state index in [2.05, 4.69) is 32.8 Å². The van der Waals surface area contributed by atoms with Gasteiger partial charge in [0.25, 0.3) is 10.0 Å². The average Bonchev–Trinajstić information content (AvgIpc) is 3.20. The second kappa shape index (κ2) is 10.0. The van der Waals surface area contributed by atoms with Crippen molar-refractivity contribution in [1.82, 2.24) is 13.8 Å². The fraction of sp³-hybridized carbons (Fsp3) is 0.462. The number of likely N-dealkylation sites (N-methyl/N-ethyl adjacent to an activating group) is 1. The van der Waals surface area contributed by atoms with Crippen LogP contribution in [0.1, 0.15) is 37.7 Å². The van der Waals surface area contributed by atoms with Crippen LogP contribution in [0.4, 0.5) is 0 Å². The molecule has 1 aliphatic heterocycles. The Bertz CT molecular complexity index is 1260. The summed E-state index contributed by atoms with van der Waals surface area (Å²) in [6, 6.07) is 12.8. The van der Waals surface area contributed by atoms with Crippen LogP contribution in [0.25, 0.3) is 10.9 Å². The molecule has 1 saturated carbocycles. The van der Waals surface area contributed by atoms with Gasteiger partial charge in [0.1, 0.15) is 10.6 Å². The van der Waals surface area contributed by atoms with Crippen LogP contribution in [0.2, 0.25) is 0 Å². The molecular weight excluding hydrogens is 514 g/mol. The molecule has 8 heteroatoms. The minimum absolute atomic E-state index is 0.248. The Hall–Kier alpha value is -1.87. The molecule has 3 aromatic rings. The highest BCUT2D eigenvalue weighted by Crippen LogP contribution is 2.33. The zero-order chi connectivity index (χ0) is 23.7. The Kier molecular flexibility index (Phi) is 7.02. The minimum Gasteiger partial charge on any atom is -0.490 e. The maximum absolute atomic E-state index is 13.7. The number of fused-ring (bicyclic) bond motifs is 1. The lowest BCUT2D eigenvalue weighted by Gasteiger charge is -2.32. The van der Waals surface area contributed by atoms with Crippen molar-refractivity contribution in [3.8, 4) is 5.75 Å². The van der Waals surface area contributed by atoms with Gasteiger partial charge in [-0.05, 0) is 84.6 Å². The van der Waals surface area contributed by atoms with Crippen LogP contribution in [0, 0.1) is 0 Å². The Morgan fingerprint density at radius 1 is 1.00 bits per heavy atom. The predicted molar refractivity (Wildman–Crippen MR) is 139 cm³/mol. The molecule has 0 N–H and O–H groups in total. The van der Waals surface area contributed by atoms with Gasteiger partial charge in [0.2, 0.25) is 0 Å². The highest BCUT2D eigenvalue weighted by Gasteiger charge is 2.25. The van der Waals surface area contributed by atoms with Gasteiger partial charge in [-0.3, -0.25) is 4.90 Å². The molecule has 5 rings (SSSR count). The number of rotatable bonds is 6. The predicted octanol–water partition coefficient (Wildman–Crippen LogP) is 5.10. The fourth-order valence-electron chi connectivity index (χ4n) is 5.03. The SMILES string of the molecule is CN1CCN(Cc2cn(S(=O)(=O)c3ccccc3Br)c3ccc(OC4CCCCC4)cc23)CC1. The molecule has 182 valence electrons. The summed E-state index contributed by atoms with van der Waals surface area (Å²) in [5.74, 6) is 0.829. The van der Waals surface area contributed by atoms with Crippen LogP contribution in [-0.2, 0) is 16.6 Å². The normalized spacial score (nSPS) is 19.0. The summed E-state index contributed by atoms with van der Waals surface area (Å²) >= 11 is 3.43. The van der Waals surface area contributed by atoms with Gasteiger partial charge in [-0.2, -0.15) is 0 Å². The van der Waals surface area contributed by atoms with Crippen molar-refractivity contribution in [2.24, 2.45) is 0 Å². The third-order valence-corrected chi connectivity index (χ3v) is 9.73. The van der Waals surface area contributed by atoms with Gasteiger partial charge in [-0.25, -0.2) is 12.4 Å². The summed E-state index contributed by atoms with van der Waals surface area (Å²) in [4.78, 5) is 4.99. The molecule has 34 heavy (non-hydrogen) atoms. The summed E-state index contributed by atoms with van der Waals surface area (Å²) < 4.78 is 35.7. The van der Waals surface area contributed by atoms with Crippen LogP contribution in [0.3, 0.4) is 0 Å².